The van der Waals surface area contributed by atoms with Gasteiger partial charge in [0.1, 0.15) is 0 Å². The summed E-state index contributed by atoms with van der Waals surface area (Å²) in [5.74, 6) is -2.12. The van der Waals surface area contributed by atoms with Crippen LogP contribution in [-0.4, -0.2) is 34.5 Å². The molecule has 0 saturated carbocycles. The Labute approximate surface area is 52.7 Å². The number of hydrogen-bond acceptors (Lipinski definition) is 4. The second kappa shape index (κ2) is 2.22. The zero-order chi connectivity index (χ0) is 6.91. The highest BCUT2D eigenvalue weighted by atomic mass is 16.8. The second-order valence-corrected chi connectivity index (χ2v) is 2.31. The molecule has 0 spiro atoms. The molecule has 1 aliphatic rings. The van der Waals surface area contributed by atoms with Crippen molar-refractivity contribution in [3.63, 3.8) is 0 Å². The van der Waals surface area contributed by atoms with E-state index in [1.807, 2.05) is 0 Å². The Balaban J connectivity index is 2.38. The minimum absolute atomic E-state index is 0.0527. The van der Waals surface area contributed by atoms with Gasteiger partial charge in [0, 0.05) is 18.9 Å². The molecule has 0 amide bonds. The molecule has 1 atom stereocenters. The van der Waals surface area contributed by atoms with Crippen LogP contribution in [0.2, 0.25) is 0 Å². The second-order valence-electron chi connectivity index (χ2n) is 2.31. The molecule has 54 valence electrons. The Bertz CT molecular complexity index is 101. The fourth-order valence-corrected chi connectivity index (χ4v) is 0.862. The largest absolute Gasteiger partial charge is 0.396 e. The quantitative estimate of drug-likeness (QED) is 0.388. The molecule has 4 nitrogen and oxygen atoms in total. The van der Waals surface area contributed by atoms with Gasteiger partial charge in [0.15, 0.2) is 0 Å². The first-order valence-corrected chi connectivity index (χ1v) is 2.83. The lowest BCUT2D eigenvalue weighted by molar-refractivity contribution is -0.313. The van der Waals surface area contributed by atoms with Gasteiger partial charge in [-0.25, -0.2) is 0 Å². The summed E-state index contributed by atoms with van der Waals surface area (Å²) in [6, 6.07) is 0. The first-order chi connectivity index (χ1) is 4.14. The number of rotatable bonds is 1. The molecule has 1 fully saturated rings. The van der Waals surface area contributed by atoms with E-state index < -0.39 is 5.97 Å². The molecule has 4 heteroatoms. The first kappa shape index (κ1) is 6.95. The van der Waals surface area contributed by atoms with Crippen LogP contribution in [0.15, 0.2) is 0 Å². The van der Waals surface area contributed by atoms with E-state index >= 15 is 0 Å². The number of ether oxygens (including phenoxy) is 1. The highest BCUT2D eigenvalue weighted by molar-refractivity contribution is 4.69. The normalized spacial score (nSPS) is 33.0. The van der Waals surface area contributed by atoms with Gasteiger partial charge in [0.2, 0.25) is 0 Å². The van der Waals surface area contributed by atoms with Gasteiger partial charge in [-0.05, 0) is 0 Å². The van der Waals surface area contributed by atoms with Gasteiger partial charge in [-0.2, -0.15) is 0 Å². The summed E-state index contributed by atoms with van der Waals surface area (Å²) in [6.07, 6.45) is 0.101. The molecule has 3 N–H and O–H groups in total. The lowest BCUT2D eigenvalue weighted by Gasteiger charge is -2.11. The van der Waals surface area contributed by atoms with E-state index in [1.54, 1.807) is 0 Å². The van der Waals surface area contributed by atoms with Gasteiger partial charge in [0.05, 0.1) is 6.61 Å². The molecule has 0 aromatic heterocycles. The molecule has 9 heavy (non-hydrogen) atoms. The summed E-state index contributed by atoms with van der Waals surface area (Å²) in [5.41, 5.74) is 0. The van der Waals surface area contributed by atoms with Crippen LogP contribution < -0.4 is 0 Å². The predicted octanol–water partition coefficient (Wildman–Crippen LogP) is -1.35. The average Bonchev–Trinajstić information content (AvgIpc) is 2.10. The first-order valence-electron chi connectivity index (χ1n) is 2.83. The molecular formula is C5H10O4. The van der Waals surface area contributed by atoms with Crippen LogP contribution in [-0.2, 0) is 4.74 Å². The van der Waals surface area contributed by atoms with Crippen molar-refractivity contribution in [1.29, 1.82) is 0 Å². The fourth-order valence-electron chi connectivity index (χ4n) is 0.862. The van der Waals surface area contributed by atoms with Crippen molar-refractivity contribution in [1.82, 2.24) is 0 Å². The van der Waals surface area contributed by atoms with Crippen molar-refractivity contribution in [2.45, 2.75) is 12.4 Å². The number of hydrogen-bond donors (Lipinski definition) is 3. The smallest absolute Gasteiger partial charge is 0.278 e. The van der Waals surface area contributed by atoms with Crippen molar-refractivity contribution in [3.05, 3.63) is 0 Å². The van der Waals surface area contributed by atoms with Crippen molar-refractivity contribution in [2.75, 3.05) is 13.2 Å². The van der Waals surface area contributed by atoms with Crippen LogP contribution >= 0.6 is 0 Å². The average molecular weight is 134 g/mol. The Morgan fingerprint density at radius 1 is 1.56 bits per heavy atom. The van der Waals surface area contributed by atoms with Crippen LogP contribution in [0.4, 0.5) is 0 Å². The van der Waals surface area contributed by atoms with Crippen LogP contribution in [0.25, 0.3) is 0 Å². The SMILES string of the molecule is OCC1COC(O)(O)C1. The fraction of sp³-hybridized carbons (Fsp3) is 1.00. The summed E-state index contributed by atoms with van der Waals surface area (Å²) in [7, 11) is 0. The summed E-state index contributed by atoms with van der Waals surface area (Å²) in [5, 5.41) is 25.9. The highest BCUT2D eigenvalue weighted by Crippen LogP contribution is 2.24. The third-order valence-electron chi connectivity index (χ3n) is 1.36. The monoisotopic (exact) mass is 134 g/mol. The molecule has 0 bridgehead atoms. The van der Waals surface area contributed by atoms with E-state index in [9.17, 15) is 0 Å². The third kappa shape index (κ3) is 1.62. The molecule has 1 saturated heterocycles. The Morgan fingerprint density at radius 2 is 2.22 bits per heavy atom. The van der Waals surface area contributed by atoms with Gasteiger partial charge in [-0.1, -0.05) is 0 Å². The molecular weight excluding hydrogens is 124 g/mol. The van der Waals surface area contributed by atoms with Crippen molar-refractivity contribution < 1.29 is 20.1 Å². The number of aliphatic hydroxyl groups is 3. The van der Waals surface area contributed by atoms with E-state index in [1.165, 1.54) is 0 Å². The van der Waals surface area contributed by atoms with Gasteiger partial charge in [-0.15, -0.1) is 0 Å². The lowest BCUT2D eigenvalue weighted by atomic mass is 10.1. The van der Waals surface area contributed by atoms with Crippen LogP contribution in [0.5, 0.6) is 0 Å². The Morgan fingerprint density at radius 3 is 2.44 bits per heavy atom. The van der Waals surface area contributed by atoms with Crippen molar-refractivity contribution in [3.8, 4) is 0 Å². The topological polar surface area (TPSA) is 69.9 Å². The van der Waals surface area contributed by atoms with E-state index in [2.05, 4.69) is 4.74 Å². The summed E-state index contributed by atoms with van der Waals surface area (Å²) in [4.78, 5) is 0. The lowest BCUT2D eigenvalue weighted by Crippen LogP contribution is -2.25. The molecule has 0 radical (unpaired) electrons. The summed E-state index contributed by atoms with van der Waals surface area (Å²) >= 11 is 0. The molecule has 1 rings (SSSR count). The third-order valence-corrected chi connectivity index (χ3v) is 1.36. The predicted molar refractivity (Wildman–Crippen MR) is 28.3 cm³/mol. The Hall–Kier alpha value is -0.160. The van der Waals surface area contributed by atoms with E-state index in [0.29, 0.717) is 0 Å². The maximum absolute atomic E-state index is 8.72. The van der Waals surface area contributed by atoms with Crippen molar-refractivity contribution >= 4 is 0 Å². The zero-order valence-electron chi connectivity index (χ0n) is 4.95. The van der Waals surface area contributed by atoms with E-state index in [-0.39, 0.29) is 25.6 Å². The van der Waals surface area contributed by atoms with Crippen LogP contribution in [0, 0.1) is 5.92 Å². The number of aliphatic hydroxyl groups excluding tert-OH is 1. The Kier molecular flexibility index (Phi) is 1.72. The van der Waals surface area contributed by atoms with Gasteiger partial charge < -0.3 is 20.1 Å². The van der Waals surface area contributed by atoms with E-state index in [4.69, 9.17) is 15.3 Å². The molecule has 0 aliphatic carbocycles. The van der Waals surface area contributed by atoms with Crippen LogP contribution in [0.1, 0.15) is 6.42 Å². The van der Waals surface area contributed by atoms with E-state index in [0.717, 1.165) is 0 Å². The molecule has 1 aliphatic heterocycles. The highest BCUT2D eigenvalue weighted by Gasteiger charge is 2.35. The maximum atomic E-state index is 8.72. The zero-order valence-corrected chi connectivity index (χ0v) is 4.95. The summed E-state index contributed by atoms with van der Waals surface area (Å²) in [6.45, 7) is 0.173. The minimum Gasteiger partial charge on any atom is -0.396 e. The van der Waals surface area contributed by atoms with Gasteiger partial charge >= 0.3 is 0 Å². The van der Waals surface area contributed by atoms with Crippen LogP contribution in [0.3, 0.4) is 0 Å². The van der Waals surface area contributed by atoms with Gasteiger partial charge in [-0.3, -0.25) is 0 Å². The molecule has 0 aromatic rings. The maximum Gasteiger partial charge on any atom is 0.278 e. The molecule has 1 heterocycles. The standard InChI is InChI=1S/C5H10O4/c6-2-4-1-5(7,8)9-3-4/h4,6-8H,1-3H2. The molecule has 1 unspecified atom stereocenters. The molecule has 0 aromatic carbocycles. The van der Waals surface area contributed by atoms with Crippen molar-refractivity contribution in [2.24, 2.45) is 5.92 Å². The van der Waals surface area contributed by atoms with Gasteiger partial charge in [0.25, 0.3) is 5.97 Å². The minimum atomic E-state index is -1.99. The summed E-state index contributed by atoms with van der Waals surface area (Å²) < 4.78 is 4.49.